The van der Waals surface area contributed by atoms with Gasteiger partial charge in [-0.3, -0.25) is 13.5 Å². The standard InChI is InChI=1S/C4H7NO.CH4O4S/c1-3(2)4(5)6;1-5-6(2,3)4/h1H2,2H3,(H2,5,6);1H3,(H,2,3,4). The van der Waals surface area contributed by atoms with Crippen LogP contribution in [0.4, 0.5) is 0 Å². The van der Waals surface area contributed by atoms with Crippen LogP contribution in [0.25, 0.3) is 0 Å². The first-order valence-corrected chi connectivity index (χ1v) is 4.05. The van der Waals surface area contributed by atoms with Gasteiger partial charge in [-0.1, -0.05) is 6.58 Å². The minimum absolute atomic E-state index is 0.398. The van der Waals surface area contributed by atoms with Gasteiger partial charge in [0, 0.05) is 5.57 Å². The van der Waals surface area contributed by atoms with E-state index in [2.05, 4.69) is 10.8 Å². The fourth-order valence-electron chi connectivity index (χ4n) is 0. The van der Waals surface area contributed by atoms with E-state index in [4.69, 9.17) is 10.3 Å². The van der Waals surface area contributed by atoms with Crippen LogP contribution in [0.1, 0.15) is 6.92 Å². The lowest BCUT2D eigenvalue weighted by molar-refractivity contribution is -0.114. The van der Waals surface area contributed by atoms with Gasteiger partial charge in [-0.15, -0.1) is 0 Å². The predicted molar refractivity (Wildman–Crippen MR) is 42.6 cm³/mol. The molecule has 72 valence electrons. The summed E-state index contributed by atoms with van der Waals surface area (Å²) in [7, 11) is -3.29. The summed E-state index contributed by atoms with van der Waals surface area (Å²) in [5.41, 5.74) is 5.09. The summed E-state index contributed by atoms with van der Waals surface area (Å²) in [6.07, 6.45) is 0. The molecule has 6 nitrogen and oxygen atoms in total. The molecule has 0 aliphatic carbocycles. The van der Waals surface area contributed by atoms with Crippen molar-refractivity contribution in [3.63, 3.8) is 0 Å². The van der Waals surface area contributed by atoms with Gasteiger partial charge in [-0.05, 0) is 6.92 Å². The third-order valence-electron chi connectivity index (χ3n) is 0.631. The molecule has 0 aromatic rings. The largest absolute Gasteiger partial charge is 0.397 e. The molecule has 3 N–H and O–H groups in total. The second-order valence-electron chi connectivity index (χ2n) is 1.74. The van der Waals surface area contributed by atoms with Crippen LogP contribution >= 0.6 is 0 Å². The van der Waals surface area contributed by atoms with Crippen molar-refractivity contribution in [2.75, 3.05) is 7.11 Å². The SMILES string of the molecule is C=C(C)C(N)=O.COS(=O)(=O)O. The molecule has 0 heterocycles. The molecule has 0 saturated carbocycles. The van der Waals surface area contributed by atoms with Crippen LogP contribution in [0, 0.1) is 0 Å². The number of nitrogens with two attached hydrogens (primary N) is 1. The van der Waals surface area contributed by atoms with Gasteiger partial charge in [0.05, 0.1) is 7.11 Å². The topological polar surface area (TPSA) is 107 Å². The zero-order valence-corrected chi connectivity index (χ0v) is 7.59. The second kappa shape index (κ2) is 5.70. The van der Waals surface area contributed by atoms with Crippen molar-refractivity contribution < 1.29 is 21.9 Å². The maximum Gasteiger partial charge on any atom is 0.397 e. The van der Waals surface area contributed by atoms with Crippen molar-refractivity contribution >= 4 is 16.3 Å². The van der Waals surface area contributed by atoms with Crippen LogP contribution < -0.4 is 5.73 Å². The highest BCUT2D eigenvalue weighted by Gasteiger charge is 1.94. The number of rotatable bonds is 2. The quantitative estimate of drug-likeness (QED) is 0.457. The Balaban J connectivity index is 0. The van der Waals surface area contributed by atoms with E-state index in [0.29, 0.717) is 5.57 Å². The number of carbonyl (C=O) groups excluding carboxylic acids is 1. The zero-order chi connectivity index (χ0) is 10.4. The molecule has 0 fully saturated rings. The van der Waals surface area contributed by atoms with Gasteiger partial charge in [-0.25, -0.2) is 0 Å². The van der Waals surface area contributed by atoms with E-state index in [1.807, 2.05) is 0 Å². The summed E-state index contributed by atoms with van der Waals surface area (Å²) < 4.78 is 29.7. The minimum Gasteiger partial charge on any atom is -0.366 e. The molecule has 0 aliphatic rings. The monoisotopic (exact) mass is 197 g/mol. The van der Waals surface area contributed by atoms with Gasteiger partial charge in [0.2, 0.25) is 5.91 Å². The lowest BCUT2D eigenvalue weighted by Gasteiger charge is -1.82. The molecule has 0 atom stereocenters. The Hall–Kier alpha value is -0.920. The summed E-state index contributed by atoms with van der Waals surface area (Å²) in [5, 5.41) is 0. The highest BCUT2D eigenvalue weighted by Crippen LogP contribution is 1.78. The molecular weight excluding hydrogens is 186 g/mol. The van der Waals surface area contributed by atoms with Crippen molar-refractivity contribution in [2.45, 2.75) is 6.92 Å². The molecule has 0 radical (unpaired) electrons. The van der Waals surface area contributed by atoms with Crippen LogP contribution in [0.3, 0.4) is 0 Å². The van der Waals surface area contributed by atoms with Crippen LogP contribution in [0.15, 0.2) is 12.2 Å². The third-order valence-corrected chi connectivity index (χ3v) is 1.05. The van der Waals surface area contributed by atoms with Crippen molar-refractivity contribution in [2.24, 2.45) is 5.73 Å². The van der Waals surface area contributed by atoms with E-state index < -0.39 is 16.3 Å². The van der Waals surface area contributed by atoms with E-state index in [0.717, 1.165) is 7.11 Å². The minimum atomic E-state index is -4.16. The fraction of sp³-hybridized carbons (Fsp3) is 0.400. The van der Waals surface area contributed by atoms with E-state index in [9.17, 15) is 13.2 Å². The Labute approximate surface area is 71.0 Å². The molecule has 1 amide bonds. The lowest BCUT2D eigenvalue weighted by Crippen LogP contribution is -2.10. The molecule has 0 aromatic heterocycles. The molecule has 7 heteroatoms. The van der Waals surface area contributed by atoms with E-state index in [-0.39, 0.29) is 0 Å². The Morgan fingerprint density at radius 3 is 1.75 bits per heavy atom. The average molecular weight is 197 g/mol. The normalized spacial score (nSPS) is 9.58. The van der Waals surface area contributed by atoms with Gasteiger partial charge in [-0.2, -0.15) is 8.42 Å². The molecule has 0 unspecified atom stereocenters. The van der Waals surface area contributed by atoms with Crippen LogP contribution in [0.5, 0.6) is 0 Å². The van der Waals surface area contributed by atoms with Crippen LogP contribution in [-0.2, 0) is 19.4 Å². The molecular formula is C5H11NO5S. The molecule has 0 saturated heterocycles. The first-order chi connectivity index (χ1) is 5.20. The number of hydrogen-bond acceptors (Lipinski definition) is 4. The van der Waals surface area contributed by atoms with E-state index in [1.54, 1.807) is 6.92 Å². The summed E-state index contributed by atoms with van der Waals surface area (Å²) in [6.45, 7) is 4.85. The predicted octanol–water partition coefficient (Wildman–Crippen LogP) is -0.517. The Bertz CT molecular complexity index is 243. The van der Waals surface area contributed by atoms with E-state index >= 15 is 0 Å². The van der Waals surface area contributed by atoms with Crippen LogP contribution in [0.2, 0.25) is 0 Å². The van der Waals surface area contributed by atoms with Gasteiger partial charge in [0.15, 0.2) is 0 Å². The summed E-state index contributed by atoms with van der Waals surface area (Å²) in [6, 6.07) is 0. The summed E-state index contributed by atoms with van der Waals surface area (Å²) >= 11 is 0. The molecule has 0 aliphatic heterocycles. The van der Waals surface area contributed by atoms with Gasteiger partial charge < -0.3 is 5.73 Å². The first kappa shape index (κ1) is 13.7. The number of primary amides is 1. The molecule has 0 bridgehead atoms. The second-order valence-corrected chi connectivity index (χ2v) is 2.93. The lowest BCUT2D eigenvalue weighted by atomic mass is 10.3. The summed E-state index contributed by atoms with van der Waals surface area (Å²) in [4.78, 5) is 9.82. The van der Waals surface area contributed by atoms with E-state index in [1.165, 1.54) is 0 Å². The highest BCUT2D eigenvalue weighted by molar-refractivity contribution is 7.80. The smallest absolute Gasteiger partial charge is 0.366 e. The zero-order valence-electron chi connectivity index (χ0n) is 6.77. The Morgan fingerprint density at radius 1 is 1.58 bits per heavy atom. The van der Waals surface area contributed by atoms with Crippen molar-refractivity contribution in [1.82, 2.24) is 0 Å². The van der Waals surface area contributed by atoms with Gasteiger partial charge in [0.1, 0.15) is 0 Å². The van der Waals surface area contributed by atoms with Crippen molar-refractivity contribution in [1.29, 1.82) is 0 Å². The highest BCUT2D eigenvalue weighted by atomic mass is 32.3. The first-order valence-electron chi connectivity index (χ1n) is 2.69. The third kappa shape index (κ3) is 16.0. The molecule has 0 rings (SSSR count). The number of amides is 1. The average Bonchev–Trinajstić information content (AvgIpc) is 1.87. The van der Waals surface area contributed by atoms with Crippen LogP contribution in [-0.4, -0.2) is 26.0 Å². The fourth-order valence-corrected chi connectivity index (χ4v) is 0. The molecule has 0 spiro atoms. The number of hydrogen-bond donors (Lipinski definition) is 2. The Morgan fingerprint density at radius 2 is 1.75 bits per heavy atom. The van der Waals surface area contributed by atoms with Crippen molar-refractivity contribution in [3.8, 4) is 0 Å². The number of carbonyl (C=O) groups is 1. The van der Waals surface area contributed by atoms with Gasteiger partial charge in [0.25, 0.3) is 0 Å². The summed E-state index contributed by atoms with van der Waals surface area (Å²) in [5.74, 6) is -0.435. The maximum absolute atomic E-state index is 9.82. The molecule has 12 heavy (non-hydrogen) atoms. The Kier molecular flexibility index (Phi) is 6.48. The van der Waals surface area contributed by atoms with Gasteiger partial charge >= 0.3 is 10.4 Å². The maximum atomic E-state index is 9.82. The molecule has 0 aromatic carbocycles. The van der Waals surface area contributed by atoms with Crippen molar-refractivity contribution in [3.05, 3.63) is 12.2 Å².